The molecular weight excluding hydrogens is 296 g/mol. The number of hydrogen-bond donors (Lipinski definition) is 1. The van der Waals surface area contributed by atoms with Gasteiger partial charge in [-0.1, -0.05) is 0 Å². The summed E-state index contributed by atoms with van der Waals surface area (Å²) in [4.78, 5) is 23.3. The molecule has 1 saturated heterocycles. The molecule has 0 radical (unpaired) electrons. The summed E-state index contributed by atoms with van der Waals surface area (Å²) in [6, 6.07) is 1.78. The molecule has 2 aromatic rings. The summed E-state index contributed by atoms with van der Waals surface area (Å²) in [6.45, 7) is 6.85. The summed E-state index contributed by atoms with van der Waals surface area (Å²) in [5.41, 5.74) is 2.18. The molecule has 0 spiro atoms. The fraction of sp³-hybridized carbons (Fsp3) is 0.467. The monoisotopic (exact) mass is 316 g/mol. The Labute approximate surface area is 134 Å². The lowest BCUT2D eigenvalue weighted by atomic mass is 10.2. The molecule has 122 valence electrons. The van der Waals surface area contributed by atoms with E-state index in [1.165, 1.54) is 0 Å². The van der Waals surface area contributed by atoms with Crippen LogP contribution in [0.1, 0.15) is 11.4 Å². The molecule has 8 nitrogen and oxygen atoms in total. The first-order valence-electron chi connectivity index (χ1n) is 7.58. The number of rotatable bonds is 4. The molecule has 1 fully saturated rings. The zero-order valence-electron chi connectivity index (χ0n) is 13.3. The van der Waals surface area contributed by atoms with E-state index >= 15 is 0 Å². The lowest BCUT2D eigenvalue weighted by molar-refractivity contribution is -0.116. The number of nitrogens with zero attached hydrogens (tertiary/aromatic N) is 5. The fourth-order valence-electron chi connectivity index (χ4n) is 2.50. The first-order valence-corrected chi connectivity index (χ1v) is 7.58. The quantitative estimate of drug-likeness (QED) is 0.896. The summed E-state index contributed by atoms with van der Waals surface area (Å²) in [6.07, 6.45) is 3.39. The van der Waals surface area contributed by atoms with Gasteiger partial charge in [-0.3, -0.25) is 9.48 Å². The number of aromatic nitrogens is 4. The van der Waals surface area contributed by atoms with E-state index in [2.05, 4.69) is 25.3 Å². The van der Waals surface area contributed by atoms with E-state index in [0.29, 0.717) is 24.8 Å². The Morgan fingerprint density at radius 1 is 1.26 bits per heavy atom. The van der Waals surface area contributed by atoms with Crippen LogP contribution in [0.3, 0.4) is 0 Å². The molecule has 0 unspecified atom stereocenters. The molecule has 0 aliphatic carbocycles. The Morgan fingerprint density at radius 2 is 1.96 bits per heavy atom. The zero-order chi connectivity index (χ0) is 16.2. The van der Waals surface area contributed by atoms with Crippen LogP contribution in [0.25, 0.3) is 0 Å². The van der Waals surface area contributed by atoms with E-state index in [-0.39, 0.29) is 12.5 Å². The number of amides is 1. The molecule has 1 N–H and O–H groups in total. The van der Waals surface area contributed by atoms with Gasteiger partial charge in [-0.25, -0.2) is 9.97 Å². The second-order valence-corrected chi connectivity index (χ2v) is 5.42. The number of carbonyl (C=O) groups is 1. The second-order valence-electron chi connectivity index (χ2n) is 5.42. The molecule has 23 heavy (non-hydrogen) atoms. The van der Waals surface area contributed by atoms with Gasteiger partial charge in [0, 0.05) is 25.5 Å². The molecule has 0 bridgehead atoms. The van der Waals surface area contributed by atoms with Crippen molar-refractivity contribution in [2.24, 2.45) is 0 Å². The molecule has 1 aliphatic heterocycles. The van der Waals surface area contributed by atoms with Gasteiger partial charge in [0.15, 0.2) is 0 Å². The van der Waals surface area contributed by atoms with Gasteiger partial charge < -0.3 is 15.0 Å². The Hall–Kier alpha value is -2.48. The second kappa shape index (κ2) is 6.74. The number of hydrogen-bond acceptors (Lipinski definition) is 6. The molecule has 0 aromatic carbocycles. The van der Waals surface area contributed by atoms with E-state index < -0.39 is 0 Å². The third-order valence-electron chi connectivity index (χ3n) is 3.68. The lowest BCUT2D eigenvalue weighted by Gasteiger charge is -2.27. The van der Waals surface area contributed by atoms with Crippen LogP contribution in [0.4, 0.5) is 11.6 Å². The SMILES string of the molecule is Cc1nc(N2CCOCC2)nc(C)c1NC(=O)Cn1cccn1. The molecule has 0 atom stereocenters. The van der Waals surface area contributed by atoms with Crippen molar-refractivity contribution in [1.82, 2.24) is 19.7 Å². The topological polar surface area (TPSA) is 85.2 Å². The van der Waals surface area contributed by atoms with Crippen LogP contribution in [0, 0.1) is 13.8 Å². The molecule has 3 heterocycles. The van der Waals surface area contributed by atoms with Crippen LogP contribution in [0.5, 0.6) is 0 Å². The molecule has 1 aliphatic rings. The lowest BCUT2D eigenvalue weighted by Crippen LogP contribution is -2.37. The molecular formula is C15H20N6O2. The van der Waals surface area contributed by atoms with E-state index in [9.17, 15) is 4.79 Å². The minimum Gasteiger partial charge on any atom is -0.378 e. The Bertz CT molecular complexity index is 656. The highest BCUT2D eigenvalue weighted by Crippen LogP contribution is 2.21. The van der Waals surface area contributed by atoms with Gasteiger partial charge >= 0.3 is 0 Å². The molecule has 8 heteroatoms. The van der Waals surface area contributed by atoms with Gasteiger partial charge in [0.2, 0.25) is 11.9 Å². The minimum atomic E-state index is -0.150. The van der Waals surface area contributed by atoms with Crippen molar-refractivity contribution >= 4 is 17.5 Å². The van der Waals surface area contributed by atoms with Crippen LogP contribution >= 0.6 is 0 Å². The predicted octanol–water partition coefficient (Wildman–Crippen LogP) is 0.765. The Morgan fingerprint density at radius 3 is 2.57 bits per heavy atom. The van der Waals surface area contributed by atoms with Crippen LogP contribution in [0.15, 0.2) is 18.5 Å². The minimum absolute atomic E-state index is 0.150. The first-order chi connectivity index (χ1) is 11.1. The first kappa shape index (κ1) is 15.4. The Kier molecular flexibility index (Phi) is 4.52. The average molecular weight is 316 g/mol. The maximum absolute atomic E-state index is 12.1. The average Bonchev–Trinajstić information content (AvgIpc) is 3.04. The van der Waals surface area contributed by atoms with Gasteiger partial charge in [-0.15, -0.1) is 0 Å². The maximum Gasteiger partial charge on any atom is 0.246 e. The Balaban J connectivity index is 1.73. The summed E-state index contributed by atoms with van der Waals surface area (Å²) < 4.78 is 6.92. The van der Waals surface area contributed by atoms with Gasteiger partial charge in [0.05, 0.1) is 30.3 Å². The highest BCUT2D eigenvalue weighted by molar-refractivity contribution is 5.91. The van der Waals surface area contributed by atoms with Gasteiger partial charge in [0.25, 0.3) is 0 Å². The molecule has 1 amide bonds. The number of anilines is 2. The van der Waals surface area contributed by atoms with Crippen molar-refractivity contribution < 1.29 is 9.53 Å². The van der Waals surface area contributed by atoms with Crippen molar-refractivity contribution in [2.45, 2.75) is 20.4 Å². The summed E-state index contributed by atoms with van der Waals surface area (Å²) in [5, 5.41) is 6.90. The van der Waals surface area contributed by atoms with Gasteiger partial charge in [-0.05, 0) is 19.9 Å². The predicted molar refractivity (Wildman–Crippen MR) is 85.4 cm³/mol. The smallest absolute Gasteiger partial charge is 0.246 e. The molecule has 0 saturated carbocycles. The van der Waals surface area contributed by atoms with Crippen LogP contribution in [0.2, 0.25) is 0 Å². The standard InChI is InChI=1S/C15H20N6O2/c1-11-14(19-13(22)10-21-5-3-4-16-21)12(2)18-15(17-11)20-6-8-23-9-7-20/h3-5H,6-10H2,1-2H3,(H,19,22). The highest BCUT2D eigenvalue weighted by Gasteiger charge is 2.17. The number of carbonyl (C=O) groups excluding carboxylic acids is 1. The normalized spacial score (nSPS) is 14.8. The molecule has 2 aromatic heterocycles. The third kappa shape index (κ3) is 3.65. The van der Waals surface area contributed by atoms with Crippen molar-refractivity contribution in [3.63, 3.8) is 0 Å². The third-order valence-corrected chi connectivity index (χ3v) is 3.68. The maximum atomic E-state index is 12.1. The summed E-state index contributed by atoms with van der Waals surface area (Å²) in [5.74, 6) is 0.538. The highest BCUT2D eigenvalue weighted by atomic mass is 16.5. The van der Waals surface area contributed by atoms with Crippen molar-refractivity contribution in [3.8, 4) is 0 Å². The van der Waals surface area contributed by atoms with Gasteiger partial charge in [-0.2, -0.15) is 5.10 Å². The number of morpholine rings is 1. The van der Waals surface area contributed by atoms with Crippen LogP contribution in [-0.2, 0) is 16.1 Å². The zero-order valence-corrected chi connectivity index (χ0v) is 13.3. The largest absolute Gasteiger partial charge is 0.378 e. The number of aryl methyl sites for hydroxylation is 2. The van der Waals surface area contributed by atoms with E-state index in [1.807, 2.05) is 13.8 Å². The summed E-state index contributed by atoms with van der Waals surface area (Å²) in [7, 11) is 0. The number of nitrogens with one attached hydrogen (secondary N) is 1. The van der Waals surface area contributed by atoms with E-state index in [1.54, 1.807) is 23.1 Å². The van der Waals surface area contributed by atoms with E-state index in [0.717, 1.165) is 24.5 Å². The van der Waals surface area contributed by atoms with Gasteiger partial charge in [0.1, 0.15) is 6.54 Å². The van der Waals surface area contributed by atoms with E-state index in [4.69, 9.17) is 4.74 Å². The van der Waals surface area contributed by atoms with Crippen molar-refractivity contribution in [1.29, 1.82) is 0 Å². The summed E-state index contributed by atoms with van der Waals surface area (Å²) >= 11 is 0. The van der Waals surface area contributed by atoms with Crippen LogP contribution in [-0.4, -0.2) is 52.0 Å². The van der Waals surface area contributed by atoms with Crippen LogP contribution < -0.4 is 10.2 Å². The van der Waals surface area contributed by atoms with Crippen molar-refractivity contribution in [3.05, 3.63) is 29.8 Å². The fourth-order valence-corrected chi connectivity index (χ4v) is 2.50. The van der Waals surface area contributed by atoms with Crippen molar-refractivity contribution in [2.75, 3.05) is 36.5 Å². The number of ether oxygens (including phenoxy) is 1. The molecule has 3 rings (SSSR count).